The Bertz CT molecular complexity index is 3660. The lowest BCUT2D eigenvalue weighted by Gasteiger charge is -2.29. The lowest BCUT2D eigenvalue weighted by atomic mass is 9.89. The molecule has 0 spiro atoms. The lowest BCUT2D eigenvalue weighted by Crippen LogP contribution is -2.12. The Morgan fingerprint density at radius 3 is 1.70 bits per heavy atom. The zero-order chi connectivity index (χ0) is 40.9. The second-order valence-electron chi connectivity index (χ2n) is 17.3. The molecule has 61 heavy (non-hydrogen) atoms. The van der Waals surface area contributed by atoms with Gasteiger partial charge >= 0.3 is 0 Å². The molecule has 0 saturated carbocycles. The number of hydrogen-bond donors (Lipinski definition) is 0. The van der Waals surface area contributed by atoms with E-state index < -0.39 is 0 Å². The summed E-state index contributed by atoms with van der Waals surface area (Å²) in [4.78, 5) is 2.43. The Labute approximate surface area is 354 Å². The van der Waals surface area contributed by atoms with Crippen LogP contribution >= 0.6 is 0 Å². The van der Waals surface area contributed by atoms with Crippen LogP contribution in [-0.2, 0) is 0 Å². The summed E-state index contributed by atoms with van der Waals surface area (Å²) in [5.74, 6) is 0.897. The van der Waals surface area contributed by atoms with Crippen molar-refractivity contribution in [1.82, 2.24) is 0 Å². The molecule has 10 aromatic carbocycles. The average molecular weight is 786 g/mol. The molecular formula is C58H43NO2. The highest BCUT2D eigenvalue weighted by molar-refractivity contribution is 6.24. The Morgan fingerprint density at radius 1 is 0.377 bits per heavy atom. The van der Waals surface area contributed by atoms with Gasteiger partial charge in [0, 0.05) is 38.0 Å². The maximum absolute atomic E-state index is 6.77. The van der Waals surface area contributed by atoms with Crippen LogP contribution in [0.2, 0.25) is 0 Å². The zero-order valence-corrected chi connectivity index (χ0v) is 34.7. The monoisotopic (exact) mass is 785 g/mol. The van der Waals surface area contributed by atoms with Crippen molar-refractivity contribution in [3.8, 4) is 11.1 Å². The summed E-state index contributed by atoms with van der Waals surface area (Å²) in [7, 11) is 0. The zero-order valence-electron chi connectivity index (χ0n) is 34.7. The number of benzene rings is 10. The second kappa shape index (κ2) is 13.6. The molecule has 12 aromatic rings. The fraction of sp³-hybridized carbons (Fsp3) is 0.103. The quantitative estimate of drug-likeness (QED) is 0.157. The smallest absolute Gasteiger partial charge is 0.159 e. The molecule has 0 fully saturated rings. The highest BCUT2D eigenvalue weighted by Gasteiger charge is 2.25. The van der Waals surface area contributed by atoms with Crippen molar-refractivity contribution in [2.45, 2.75) is 39.5 Å². The summed E-state index contributed by atoms with van der Waals surface area (Å²) in [6.45, 7) is 9.01. The van der Waals surface area contributed by atoms with Gasteiger partial charge in [-0.05, 0) is 127 Å². The van der Waals surface area contributed by atoms with Crippen molar-refractivity contribution in [3.05, 3.63) is 187 Å². The van der Waals surface area contributed by atoms with Gasteiger partial charge in [0.05, 0.1) is 11.4 Å². The molecule has 0 bridgehead atoms. The van der Waals surface area contributed by atoms with E-state index in [-0.39, 0.29) is 0 Å². The van der Waals surface area contributed by atoms with Gasteiger partial charge in [-0.2, -0.15) is 0 Å². The highest BCUT2D eigenvalue weighted by Crippen LogP contribution is 2.51. The van der Waals surface area contributed by atoms with E-state index in [4.69, 9.17) is 8.83 Å². The average Bonchev–Trinajstić information content (AvgIpc) is 3.85. The number of furan rings is 2. The molecule has 0 aliphatic rings. The van der Waals surface area contributed by atoms with Gasteiger partial charge in [0.25, 0.3) is 0 Å². The molecule has 0 aliphatic carbocycles. The summed E-state index contributed by atoms with van der Waals surface area (Å²) in [5.41, 5.74) is 11.8. The predicted octanol–water partition coefficient (Wildman–Crippen LogP) is 17.5. The minimum atomic E-state index is 0.420. The van der Waals surface area contributed by atoms with Crippen molar-refractivity contribution >= 4 is 104 Å². The third kappa shape index (κ3) is 5.57. The van der Waals surface area contributed by atoms with E-state index >= 15 is 0 Å². The highest BCUT2D eigenvalue weighted by atomic mass is 16.3. The Morgan fingerprint density at radius 2 is 0.967 bits per heavy atom. The predicted molar refractivity (Wildman–Crippen MR) is 259 cm³/mol. The Hall–Kier alpha value is -7.36. The van der Waals surface area contributed by atoms with E-state index in [2.05, 4.69) is 202 Å². The lowest BCUT2D eigenvalue weighted by molar-refractivity contribution is 0.669. The van der Waals surface area contributed by atoms with Crippen molar-refractivity contribution in [1.29, 1.82) is 0 Å². The molecule has 0 aliphatic heterocycles. The Kier molecular flexibility index (Phi) is 7.92. The summed E-state index contributed by atoms with van der Waals surface area (Å²) < 4.78 is 13.4. The third-order valence-corrected chi connectivity index (χ3v) is 12.9. The summed E-state index contributed by atoms with van der Waals surface area (Å²) in [6, 6.07) is 64.5. The maximum atomic E-state index is 6.77. The summed E-state index contributed by atoms with van der Waals surface area (Å²) in [5, 5.41) is 14.1. The minimum Gasteiger partial charge on any atom is -0.456 e. The van der Waals surface area contributed by atoms with Crippen molar-refractivity contribution < 1.29 is 8.83 Å². The molecule has 0 unspecified atom stereocenters. The van der Waals surface area contributed by atoms with E-state index in [1.165, 1.54) is 49.0 Å². The number of hydrogen-bond acceptors (Lipinski definition) is 3. The van der Waals surface area contributed by atoms with Gasteiger partial charge in [-0.15, -0.1) is 0 Å². The van der Waals surface area contributed by atoms with Crippen LogP contribution < -0.4 is 4.90 Å². The van der Waals surface area contributed by atoms with Crippen molar-refractivity contribution in [2.75, 3.05) is 4.90 Å². The van der Waals surface area contributed by atoms with Crippen LogP contribution in [0.25, 0.3) is 98.1 Å². The van der Waals surface area contributed by atoms with Gasteiger partial charge < -0.3 is 13.7 Å². The molecule has 12 rings (SSSR count). The number of anilines is 3. The van der Waals surface area contributed by atoms with E-state index in [1.807, 2.05) is 6.07 Å². The van der Waals surface area contributed by atoms with E-state index in [0.717, 1.165) is 77.3 Å². The number of para-hydroxylation sites is 2. The second-order valence-corrected chi connectivity index (χ2v) is 17.3. The third-order valence-electron chi connectivity index (χ3n) is 12.9. The molecule has 0 amide bonds. The molecular weight excluding hydrogens is 743 g/mol. The summed E-state index contributed by atoms with van der Waals surface area (Å²) in [6.07, 6.45) is 0. The van der Waals surface area contributed by atoms with E-state index in [0.29, 0.717) is 11.8 Å². The van der Waals surface area contributed by atoms with Gasteiger partial charge in [0.15, 0.2) is 5.58 Å². The van der Waals surface area contributed by atoms with E-state index in [9.17, 15) is 0 Å². The molecule has 0 N–H and O–H groups in total. The van der Waals surface area contributed by atoms with Crippen LogP contribution in [0.1, 0.15) is 50.7 Å². The summed E-state index contributed by atoms with van der Waals surface area (Å²) >= 11 is 0. The van der Waals surface area contributed by atoms with Crippen molar-refractivity contribution in [2.24, 2.45) is 0 Å². The minimum absolute atomic E-state index is 0.420. The van der Waals surface area contributed by atoms with Crippen LogP contribution in [0, 0.1) is 0 Å². The molecule has 0 saturated heterocycles. The molecule has 0 atom stereocenters. The van der Waals surface area contributed by atoms with Gasteiger partial charge in [0.2, 0.25) is 0 Å². The molecule has 2 heterocycles. The Balaban J connectivity index is 1.11. The fourth-order valence-corrected chi connectivity index (χ4v) is 9.77. The molecule has 3 heteroatoms. The largest absolute Gasteiger partial charge is 0.456 e. The first-order valence-corrected chi connectivity index (χ1v) is 21.5. The van der Waals surface area contributed by atoms with Crippen LogP contribution in [0.4, 0.5) is 17.1 Å². The van der Waals surface area contributed by atoms with Crippen LogP contribution in [0.5, 0.6) is 0 Å². The number of fused-ring (bicyclic) bond motifs is 10. The van der Waals surface area contributed by atoms with Gasteiger partial charge in [-0.1, -0.05) is 143 Å². The standard InChI is InChI=1S/C58H43NO2/c1-34(2)36-22-25-43(26-23-36)59(52-18-11-17-49-44-12-9-10-19-53(44)61-58(49)52)57-47-15-7-5-13-45(47)56(46-14-6-8-16-48(46)57)39-24-27-54-50(31-39)51-32-41-30-40-28-37(35(3)4)20-21-38(40)29-42(41)33-55(51)60-54/h5-35H,1-4H3. The van der Waals surface area contributed by atoms with Gasteiger partial charge in [0.1, 0.15) is 16.7 Å². The maximum Gasteiger partial charge on any atom is 0.159 e. The first-order valence-electron chi connectivity index (χ1n) is 21.5. The number of rotatable bonds is 6. The van der Waals surface area contributed by atoms with Gasteiger partial charge in [-0.25, -0.2) is 0 Å². The first-order chi connectivity index (χ1) is 29.9. The van der Waals surface area contributed by atoms with Crippen molar-refractivity contribution in [3.63, 3.8) is 0 Å². The molecule has 3 nitrogen and oxygen atoms in total. The first kappa shape index (κ1) is 35.6. The topological polar surface area (TPSA) is 29.5 Å². The van der Waals surface area contributed by atoms with E-state index in [1.54, 1.807) is 0 Å². The molecule has 292 valence electrons. The SMILES string of the molecule is CC(C)c1ccc(N(c2c3ccccc3c(-c3ccc4oc5cc6cc7ccc(C(C)C)cc7cc6cc5c4c3)c3ccccc23)c2cccc3c2oc2ccccc23)cc1. The van der Waals surface area contributed by atoms with Crippen LogP contribution in [-0.4, -0.2) is 0 Å². The fourth-order valence-electron chi connectivity index (χ4n) is 9.77. The van der Waals surface area contributed by atoms with Gasteiger partial charge in [-0.3, -0.25) is 0 Å². The normalized spacial score (nSPS) is 12.2. The number of nitrogens with zero attached hydrogens (tertiary/aromatic N) is 1. The van der Waals surface area contributed by atoms with Crippen LogP contribution in [0.15, 0.2) is 185 Å². The molecule has 2 aromatic heterocycles. The molecule has 0 radical (unpaired) electrons. The van der Waals surface area contributed by atoms with Crippen LogP contribution in [0.3, 0.4) is 0 Å².